The molecule has 1 heterocycles. The van der Waals surface area contributed by atoms with Crippen LogP contribution in [0.1, 0.15) is 32.1 Å². The fourth-order valence-electron chi connectivity index (χ4n) is 2.36. The van der Waals surface area contributed by atoms with Crippen LogP contribution in [0.2, 0.25) is 0 Å². The molecule has 1 aliphatic carbocycles. The van der Waals surface area contributed by atoms with Crippen LogP contribution in [-0.2, 0) is 7.05 Å². The molecule has 16 heavy (non-hydrogen) atoms. The van der Waals surface area contributed by atoms with Crippen molar-refractivity contribution in [1.82, 2.24) is 9.55 Å². The van der Waals surface area contributed by atoms with E-state index >= 15 is 0 Å². The molecule has 0 aromatic carbocycles. The Balaban J connectivity index is 1.94. The molecule has 0 bridgehead atoms. The summed E-state index contributed by atoms with van der Waals surface area (Å²) in [6.45, 7) is 0. The highest BCUT2D eigenvalue weighted by Gasteiger charge is 2.31. The minimum Gasteiger partial charge on any atom is -0.329 e. The summed E-state index contributed by atoms with van der Waals surface area (Å²) in [4.78, 5) is 4.37. The molecule has 4 heteroatoms. The number of hydrogen-bond acceptors (Lipinski definition) is 3. The Labute approximate surface area is 108 Å². The smallest absolute Gasteiger partial charge is 0.167 e. The maximum atomic E-state index is 4.57. The molecule has 0 atom stereocenters. The highest BCUT2D eigenvalue weighted by atomic mass is 32.2. The molecule has 1 aliphatic rings. The van der Waals surface area contributed by atoms with Gasteiger partial charge in [-0.25, -0.2) is 4.98 Å². The molecule has 0 unspecified atom stereocenters. The van der Waals surface area contributed by atoms with Crippen molar-refractivity contribution >= 4 is 24.4 Å². The van der Waals surface area contributed by atoms with Crippen molar-refractivity contribution < 1.29 is 0 Å². The molecule has 0 aliphatic heterocycles. The largest absolute Gasteiger partial charge is 0.329 e. The minimum absolute atomic E-state index is 0.456. The maximum absolute atomic E-state index is 4.57. The monoisotopic (exact) mass is 256 g/mol. The average molecular weight is 256 g/mol. The van der Waals surface area contributed by atoms with E-state index in [0.29, 0.717) is 5.41 Å². The third kappa shape index (κ3) is 2.77. The highest BCUT2D eigenvalue weighted by molar-refractivity contribution is 7.99. The molecule has 2 nitrogen and oxygen atoms in total. The first kappa shape index (κ1) is 12.4. The number of aryl methyl sites for hydroxylation is 1. The van der Waals surface area contributed by atoms with Crippen LogP contribution < -0.4 is 0 Å². The van der Waals surface area contributed by atoms with Crippen LogP contribution >= 0.6 is 24.4 Å². The van der Waals surface area contributed by atoms with Gasteiger partial charge in [-0.2, -0.15) is 12.6 Å². The van der Waals surface area contributed by atoms with Gasteiger partial charge in [0.1, 0.15) is 0 Å². The molecule has 0 amide bonds. The zero-order valence-electron chi connectivity index (χ0n) is 9.85. The molecular weight excluding hydrogens is 236 g/mol. The molecule has 0 spiro atoms. The number of imidazole rings is 1. The van der Waals surface area contributed by atoms with Crippen molar-refractivity contribution in [3.63, 3.8) is 0 Å². The van der Waals surface area contributed by atoms with Crippen molar-refractivity contribution in [2.75, 3.05) is 11.5 Å². The van der Waals surface area contributed by atoms with Crippen molar-refractivity contribution in [3.8, 4) is 0 Å². The summed E-state index contributed by atoms with van der Waals surface area (Å²) in [5.41, 5.74) is 0.456. The normalized spacial score (nSPS) is 19.9. The van der Waals surface area contributed by atoms with Gasteiger partial charge in [0.25, 0.3) is 0 Å². The quantitative estimate of drug-likeness (QED) is 0.657. The summed E-state index contributed by atoms with van der Waals surface area (Å²) in [6.07, 6.45) is 10.7. The summed E-state index contributed by atoms with van der Waals surface area (Å²) >= 11 is 6.45. The zero-order valence-corrected chi connectivity index (χ0v) is 11.6. The lowest BCUT2D eigenvalue weighted by molar-refractivity contribution is 0.258. The van der Waals surface area contributed by atoms with Gasteiger partial charge in [0.2, 0.25) is 0 Å². The van der Waals surface area contributed by atoms with E-state index < -0.39 is 0 Å². The van der Waals surface area contributed by atoms with Crippen LogP contribution in [0.25, 0.3) is 0 Å². The second-order valence-corrected chi connectivity index (χ2v) is 6.09. The second-order valence-electron chi connectivity index (χ2n) is 4.83. The predicted molar refractivity (Wildman–Crippen MR) is 73.3 cm³/mol. The number of nitrogens with zero attached hydrogens (tertiary/aromatic N) is 2. The van der Waals surface area contributed by atoms with E-state index in [4.69, 9.17) is 0 Å². The van der Waals surface area contributed by atoms with Gasteiger partial charge in [-0.1, -0.05) is 31.0 Å². The first-order chi connectivity index (χ1) is 7.76. The van der Waals surface area contributed by atoms with Crippen LogP contribution in [0.15, 0.2) is 17.6 Å². The Bertz CT molecular complexity index is 330. The highest BCUT2D eigenvalue weighted by Crippen LogP contribution is 2.41. The predicted octanol–water partition coefficient (Wildman–Crippen LogP) is 3.39. The van der Waals surface area contributed by atoms with E-state index in [9.17, 15) is 0 Å². The Morgan fingerprint density at radius 3 is 2.75 bits per heavy atom. The van der Waals surface area contributed by atoms with Crippen LogP contribution in [0.3, 0.4) is 0 Å². The first-order valence-electron chi connectivity index (χ1n) is 5.97. The van der Waals surface area contributed by atoms with E-state index in [1.165, 1.54) is 37.9 Å². The van der Waals surface area contributed by atoms with Crippen LogP contribution in [-0.4, -0.2) is 21.1 Å². The Hall–Kier alpha value is -0.0900. The van der Waals surface area contributed by atoms with E-state index in [1.807, 2.05) is 24.2 Å². The maximum Gasteiger partial charge on any atom is 0.167 e. The molecule has 1 aromatic heterocycles. The van der Waals surface area contributed by atoms with Gasteiger partial charge >= 0.3 is 0 Å². The number of rotatable bonds is 4. The Kier molecular flexibility index (Phi) is 4.25. The SMILES string of the molecule is Cn1ccnc1SCC1(CS)CCCCC1. The molecule has 0 saturated heterocycles. The molecule has 1 saturated carbocycles. The van der Waals surface area contributed by atoms with Gasteiger partial charge in [0.05, 0.1) is 0 Å². The van der Waals surface area contributed by atoms with Crippen LogP contribution in [0, 0.1) is 5.41 Å². The van der Waals surface area contributed by atoms with E-state index in [1.54, 1.807) is 0 Å². The topological polar surface area (TPSA) is 17.8 Å². The fourth-order valence-corrected chi connectivity index (χ4v) is 4.16. The molecule has 1 aromatic rings. The van der Waals surface area contributed by atoms with Crippen LogP contribution in [0.5, 0.6) is 0 Å². The van der Waals surface area contributed by atoms with Gasteiger partial charge in [-0.05, 0) is 24.0 Å². The van der Waals surface area contributed by atoms with Gasteiger partial charge < -0.3 is 4.57 Å². The Morgan fingerprint density at radius 2 is 2.19 bits per heavy atom. The van der Waals surface area contributed by atoms with Crippen molar-refractivity contribution in [2.24, 2.45) is 12.5 Å². The summed E-state index contributed by atoms with van der Waals surface area (Å²) in [6, 6.07) is 0. The summed E-state index contributed by atoms with van der Waals surface area (Å²) in [7, 11) is 2.06. The standard InChI is InChI=1S/C12H20N2S2/c1-14-8-7-13-11(14)16-10-12(9-15)5-3-2-4-6-12/h7-8,15H,2-6,9-10H2,1H3. The number of hydrogen-bond donors (Lipinski definition) is 1. The summed E-state index contributed by atoms with van der Waals surface area (Å²) in [5, 5.41) is 1.13. The molecule has 0 radical (unpaired) electrons. The van der Waals surface area contributed by atoms with Gasteiger partial charge in [-0.15, -0.1) is 0 Å². The van der Waals surface area contributed by atoms with Crippen LogP contribution in [0.4, 0.5) is 0 Å². The molecule has 90 valence electrons. The number of aromatic nitrogens is 2. The second kappa shape index (κ2) is 5.50. The fraction of sp³-hybridized carbons (Fsp3) is 0.750. The van der Waals surface area contributed by atoms with Gasteiger partial charge in [0.15, 0.2) is 5.16 Å². The van der Waals surface area contributed by atoms with Gasteiger partial charge in [0, 0.05) is 25.2 Å². The zero-order chi connectivity index (χ0) is 11.4. The van der Waals surface area contributed by atoms with E-state index in [2.05, 4.69) is 29.2 Å². The molecular formula is C12H20N2S2. The van der Waals surface area contributed by atoms with Gasteiger partial charge in [-0.3, -0.25) is 0 Å². The van der Waals surface area contributed by atoms with E-state index in [0.717, 1.165) is 10.9 Å². The first-order valence-corrected chi connectivity index (χ1v) is 7.59. The molecule has 0 N–H and O–H groups in total. The Morgan fingerprint density at radius 1 is 1.44 bits per heavy atom. The van der Waals surface area contributed by atoms with Crippen molar-refractivity contribution in [2.45, 2.75) is 37.3 Å². The average Bonchev–Trinajstić information content (AvgIpc) is 2.74. The molecule has 2 rings (SSSR count). The van der Waals surface area contributed by atoms with Crippen molar-refractivity contribution in [3.05, 3.63) is 12.4 Å². The number of thiol groups is 1. The van der Waals surface area contributed by atoms with E-state index in [-0.39, 0.29) is 0 Å². The third-order valence-electron chi connectivity index (χ3n) is 3.53. The lowest BCUT2D eigenvalue weighted by Crippen LogP contribution is -2.29. The summed E-state index contributed by atoms with van der Waals surface area (Å²) < 4.78 is 2.10. The minimum atomic E-state index is 0.456. The molecule has 1 fully saturated rings. The third-order valence-corrected chi connectivity index (χ3v) is 5.61. The summed E-state index contributed by atoms with van der Waals surface area (Å²) in [5.74, 6) is 2.19. The number of thioether (sulfide) groups is 1. The van der Waals surface area contributed by atoms with Crippen molar-refractivity contribution in [1.29, 1.82) is 0 Å². The lowest BCUT2D eigenvalue weighted by Gasteiger charge is -2.35. The lowest BCUT2D eigenvalue weighted by atomic mass is 9.77.